The van der Waals surface area contributed by atoms with Gasteiger partial charge in [0.1, 0.15) is 17.8 Å². The van der Waals surface area contributed by atoms with E-state index in [2.05, 4.69) is 19.9 Å². The summed E-state index contributed by atoms with van der Waals surface area (Å²) < 4.78 is 0. The van der Waals surface area contributed by atoms with Gasteiger partial charge in [0, 0.05) is 43.3 Å². The molecule has 1 N–H and O–H groups in total. The highest BCUT2D eigenvalue weighted by Crippen LogP contribution is 2.18. The van der Waals surface area contributed by atoms with E-state index >= 15 is 0 Å². The Morgan fingerprint density at radius 2 is 1.91 bits per heavy atom. The maximum atomic E-state index is 12.7. The number of H-pyrrole nitrogens is 1. The number of benzene rings is 1. The van der Waals surface area contributed by atoms with Gasteiger partial charge in [0.05, 0.1) is 0 Å². The predicted molar refractivity (Wildman–Crippen MR) is 88.4 cm³/mol. The molecular formula is C17H17N5O. The number of aromatic nitrogens is 3. The van der Waals surface area contributed by atoms with Gasteiger partial charge in [-0.2, -0.15) is 0 Å². The van der Waals surface area contributed by atoms with Crippen molar-refractivity contribution in [3.63, 3.8) is 0 Å². The van der Waals surface area contributed by atoms with Gasteiger partial charge in [0.2, 0.25) is 0 Å². The standard InChI is InChI=1S/C17H17N5O/c23-17(15-11-13-3-1-2-4-14(13)20-15)22-9-7-21(8-10-22)16-5-6-18-12-19-16/h1-6,11-12,20H,7-10H2. The van der Waals surface area contributed by atoms with Gasteiger partial charge in [-0.05, 0) is 18.2 Å². The molecule has 1 amide bonds. The third kappa shape index (κ3) is 2.63. The Labute approximate surface area is 133 Å². The lowest BCUT2D eigenvalue weighted by atomic mass is 10.2. The summed E-state index contributed by atoms with van der Waals surface area (Å²) >= 11 is 0. The summed E-state index contributed by atoms with van der Waals surface area (Å²) in [6, 6.07) is 11.8. The fourth-order valence-corrected chi connectivity index (χ4v) is 2.97. The SMILES string of the molecule is O=C(c1cc2ccccc2[nH]1)N1CCN(c2ccncn2)CC1. The summed E-state index contributed by atoms with van der Waals surface area (Å²) in [6.45, 7) is 2.95. The van der Waals surface area contributed by atoms with Gasteiger partial charge in [-0.1, -0.05) is 18.2 Å². The average molecular weight is 307 g/mol. The number of nitrogens with one attached hydrogen (secondary N) is 1. The number of para-hydroxylation sites is 1. The summed E-state index contributed by atoms with van der Waals surface area (Å²) in [7, 11) is 0. The van der Waals surface area contributed by atoms with Crippen LogP contribution in [-0.4, -0.2) is 51.9 Å². The molecule has 1 saturated heterocycles. The number of hydrogen-bond donors (Lipinski definition) is 1. The van der Waals surface area contributed by atoms with Crippen molar-refractivity contribution in [2.45, 2.75) is 0 Å². The Morgan fingerprint density at radius 1 is 1.09 bits per heavy atom. The number of carbonyl (C=O) groups is 1. The van der Waals surface area contributed by atoms with Crippen LogP contribution in [0.5, 0.6) is 0 Å². The topological polar surface area (TPSA) is 65.1 Å². The second-order valence-corrected chi connectivity index (χ2v) is 5.62. The maximum Gasteiger partial charge on any atom is 0.270 e. The number of hydrogen-bond acceptors (Lipinski definition) is 4. The molecule has 4 rings (SSSR count). The predicted octanol–water partition coefficient (Wildman–Crippen LogP) is 1.92. The van der Waals surface area contributed by atoms with Crippen molar-refractivity contribution < 1.29 is 4.79 Å². The molecule has 0 unspecified atom stereocenters. The highest BCUT2D eigenvalue weighted by molar-refractivity contribution is 5.98. The van der Waals surface area contributed by atoms with E-state index in [9.17, 15) is 4.79 Å². The molecule has 23 heavy (non-hydrogen) atoms. The number of fused-ring (bicyclic) bond motifs is 1. The highest BCUT2D eigenvalue weighted by Gasteiger charge is 2.23. The molecule has 1 aromatic carbocycles. The molecule has 3 heterocycles. The quantitative estimate of drug-likeness (QED) is 0.785. The van der Waals surface area contributed by atoms with Crippen molar-refractivity contribution in [1.29, 1.82) is 0 Å². The maximum absolute atomic E-state index is 12.7. The number of carbonyl (C=O) groups excluding carboxylic acids is 1. The molecule has 116 valence electrons. The van der Waals surface area contributed by atoms with E-state index in [0.29, 0.717) is 18.8 Å². The molecule has 0 atom stereocenters. The van der Waals surface area contributed by atoms with Crippen molar-refractivity contribution in [2.24, 2.45) is 0 Å². The smallest absolute Gasteiger partial charge is 0.270 e. The van der Waals surface area contributed by atoms with Gasteiger partial charge < -0.3 is 14.8 Å². The Bertz CT molecular complexity index is 788. The summed E-state index contributed by atoms with van der Waals surface area (Å²) in [4.78, 5) is 28.1. The minimum absolute atomic E-state index is 0.0588. The molecule has 0 aliphatic carbocycles. The lowest BCUT2D eigenvalue weighted by Crippen LogP contribution is -2.49. The largest absolute Gasteiger partial charge is 0.353 e. The molecule has 6 nitrogen and oxygen atoms in total. The van der Waals surface area contributed by atoms with Gasteiger partial charge in [-0.25, -0.2) is 9.97 Å². The van der Waals surface area contributed by atoms with Crippen LogP contribution in [0.2, 0.25) is 0 Å². The molecule has 1 fully saturated rings. The second kappa shape index (κ2) is 5.72. The van der Waals surface area contributed by atoms with Crippen LogP contribution in [0.25, 0.3) is 10.9 Å². The minimum atomic E-state index is 0.0588. The molecule has 2 aromatic heterocycles. The fourth-order valence-electron chi connectivity index (χ4n) is 2.97. The number of amides is 1. The van der Waals surface area contributed by atoms with Gasteiger partial charge in [0.25, 0.3) is 5.91 Å². The molecule has 0 radical (unpaired) electrons. The Morgan fingerprint density at radius 3 is 2.65 bits per heavy atom. The first-order chi connectivity index (χ1) is 11.3. The molecule has 3 aromatic rings. The molecule has 0 saturated carbocycles. The van der Waals surface area contributed by atoms with Crippen LogP contribution >= 0.6 is 0 Å². The van der Waals surface area contributed by atoms with Crippen LogP contribution in [-0.2, 0) is 0 Å². The van der Waals surface area contributed by atoms with Gasteiger partial charge in [-0.3, -0.25) is 4.79 Å². The summed E-state index contributed by atoms with van der Waals surface area (Å²) in [6.07, 6.45) is 3.29. The number of nitrogens with zero attached hydrogens (tertiary/aromatic N) is 4. The van der Waals surface area contributed by atoms with E-state index in [1.165, 1.54) is 0 Å². The zero-order valence-electron chi connectivity index (χ0n) is 12.6. The molecular weight excluding hydrogens is 290 g/mol. The first kappa shape index (κ1) is 13.8. The number of piperazine rings is 1. The van der Waals surface area contributed by atoms with Gasteiger partial charge in [0.15, 0.2) is 0 Å². The first-order valence-corrected chi connectivity index (χ1v) is 7.69. The van der Waals surface area contributed by atoms with E-state index in [-0.39, 0.29) is 5.91 Å². The van der Waals surface area contributed by atoms with Crippen LogP contribution in [0.1, 0.15) is 10.5 Å². The van der Waals surface area contributed by atoms with Crippen molar-refractivity contribution in [1.82, 2.24) is 19.9 Å². The Kier molecular flexibility index (Phi) is 3.42. The van der Waals surface area contributed by atoms with Crippen molar-refractivity contribution >= 4 is 22.6 Å². The van der Waals surface area contributed by atoms with Crippen molar-refractivity contribution in [3.8, 4) is 0 Å². The van der Waals surface area contributed by atoms with E-state index < -0.39 is 0 Å². The Hall–Kier alpha value is -2.89. The third-order valence-electron chi connectivity index (χ3n) is 4.22. The third-order valence-corrected chi connectivity index (χ3v) is 4.22. The average Bonchev–Trinajstić information content (AvgIpc) is 3.06. The van der Waals surface area contributed by atoms with E-state index in [1.807, 2.05) is 41.3 Å². The zero-order chi connectivity index (χ0) is 15.6. The monoisotopic (exact) mass is 307 g/mol. The molecule has 0 bridgehead atoms. The second-order valence-electron chi connectivity index (χ2n) is 5.62. The Balaban J connectivity index is 1.46. The zero-order valence-corrected chi connectivity index (χ0v) is 12.6. The van der Waals surface area contributed by atoms with E-state index in [1.54, 1.807) is 12.5 Å². The van der Waals surface area contributed by atoms with Crippen LogP contribution in [0.4, 0.5) is 5.82 Å². The summed E-state index contributed by atoms with van der Waals surface area (Å²) in [5.41, 5.74) is 1.65. The number of rotatable bonds is 2. The van der Waals surface area contributed by atoms with E-state index in [4.69, 9.17) is 0 Å². The fraction of sp³-hybridized carbons (Fsp3) is 0.235. The van der Waals surface area contributed by atoms with Crippen LogP contribution in [0, 0.1) is 0 Å². The van der Waals surface area contributed by atoms with Crippen molar-refractivity contribution in [2.75, 3.05) is 31.1 Å². The molecule has 1 aliphatic rings. The number of anilines is 1. The lowest BCUT2D eigenvalue weighted by molar-refractivity contribution is 0.0741. The molecule has 1 aliphatic heterocycles. The lowest BCUT2D eigenvalue weighted by Gasteiger charge is -2.35. The molecule has 6 heteroatoms. The van der Waals surface area contributed by atoms with Crippen LogP contribution in [0.3, 0.4) is 0 Å². The first-order valence-electron chi connectivity index (χ1n) is 7.69. The highest BCUT2D eigenvalue weighted by atomic mass is 16.2. The molecule has 0 spiro atoms. The normalized spacial score (nSPS) is 15.1. The van der Waals surface area contributed by atoms with Gasteiger partial charge >= 0.3 is 0 Å². The number of aromatic amines is 1. The van der Waals surface area contributed by atoms with Crippen LogP contribution in [0.15, 0.2) is 48.9 Å². The minimum Gasteiger partial charge on any atom is -0.353 e. The summed E-state index contributed by atoms with van der Waals surface area (Å²) in [5.74, 6) is 0.973. The van der Waals surface area contributed by atoms with Crippen LogP contribution < -0.4 is 4.90 Å². The van der Waals surface area contributed by atoms with E-state index in [0.717, 1.165) is 29.8 Å². The summed E-state index contributed by atoms with van der Waals surface area (Å²) in [5, 5.41) is 1.07. The van der Waals surface area contributed by atoms with Gasteiger partial charge in [-0.15, -0.1) is 0 Å². The van der Waals surface area contributed by atoms with Crippen molar-refractivity contribution in [3.05, 3.63) is 54.6 Å².